The van der Waals surface area contributed by atoms with E-state index >= 15 is 0 Å². The Bertz CT molecular complexity index is 1120. The zero-order chi connectivity index (χ0) is 19.0. The molecule has 0 saturated carbocycles. The third kappa shape index (κ3) is 3.92. The molecule has 7 heteroatoms. The van der Waals surface area contributed by atoms with Crippen molar-refractivity contribution in [3.8, 4) is 11.5 Å². The van der Waals surface area contributed by atoms with E-state index in [0.29, 0.717) is 0 Å². The van der Waals surface area contributed by atoms with Gasteiger partial charge in [-0.1, -0.05) is 12.1 Å². The van der Waals surface area contributed by atoms with Crippen LogP contribution < -0.4 is 9.05 Å². The van der Waals surface area contributed by atoms with Gasteiger partial charge >= 0.3 is 7.82 Å². The summed E-state index contributed by atoms with van der Waals surface area (Å²) in [7, 11) is -4.35. The van der Waals surface area contributed by atoms with Crippen molar-refractivity contribution in [3.63, 3.8) is 0 Å². The highest BCUT2D eigenvalue weighted by Crippen LogP contribution is 2.45. The van der Waals surface area contributed by atoms with E-state index in [-0.39, 0.29) is 11.5 Å². The highest BCUT2D eigenvalue weighted by atomic mass is 31.2. The summed E-state index contributed by atoms with van der Waals surface area (Å²) < 4.78 is 22.9. The van der Waals surface area contributed by atoms with Crippen molar-refractivity contribution in [3.05, 3.63) is 72.1 Å². The van der Waals surface area contributed by atoms with Crippen LogP contribution in [0.2, 0.25) is 0 Å². The highest BCUT2D eigenvalue weighted by molar-refractivity contribution is 7.48. The van der Waals surface area contributed by atoms with Gasteiger partial charge in [0.15, 0.2) is 0 Å². The second kappa shape index (κ2) is 6.65. The van der Waals surface area contributed by atoms with E-state index < -0.39 is 7.82 Å². The molecule has 0 saturated heterocycles. The summed E-state index contributed by atoms with van der Waals surface area (Å²) in [6, 6.07) is 17.5. The number of phosphoric acid groups is 1. The molecule has 4 aromatic rings. The Morgan fingerprint density at radius 1 is 0.741 bits per heavy atom. The Balaban J connectivity index is 1.57. The van der Waals surface area contributed by atoms with Crippen LogP contribution in [0.5, 0.6) is 11.5 Å². The second-order valence-electron chi connectivity index (χ2n) is 6.27. The van der Waals surface area contributed by atoms with Crippen LogP contribution in [-0.2, 0) is 4.57 Å². The van der Waals surface area contributed by atoms with Crippen LogP contribution in [0.4, 0.5) is 0 Å². The SMILES string of the molecule is Cc1ccc2cc(OP(=O)(O)Oc3ccc4nc(C)ccc4c3)ccc2n1. The zero-order valence-corrected chi connectivity index (χ0v) is 15.7. The Hall–Kier alpha value is -2.95. The van der Waals surface area contributed by atoms with Crippen molar-refractivity contribution >= 4 is 29.6 Å². The van der Waals surface area contributed by atoms with Crippen LogP contribution >= 0.6 is 7.82 Å². The molecule has 0 unspecified atom stereocenters. The Kier molecular flexibility index (Phi) is 4.30. The monoisotopic (exact) mass is 380 g/mol. The number of pyridine rings is 2. The quantitative estimate of drug-likeness (QED) is 0.504. The van der Waals surface area contributed by atoms with Gasteiger partial charge < -0.3 is 9.05 Å². The molecule has 0 atom stereocenters. The number of rotatable bonds is 4. The van der Waals surface area contributed by atoms with E-state index in [1.165, 1.54) is 0 Å². The van der Waals surface area contributed by atoms with Gasteiger partial charge in [0.05, 0.1) is 11.0 Å². The molecule has 0 aliphatic heterocycles. The fourth-order valence-electron chi connectivity index (χ4n) is 2.81. The Morgan fingerprint density at radius 3 is 1.63 bits per heavy atom. The minimum absolute atomic E-state index is 0.233. The summed E-state index contributed by atoms with van der Waals surface area (Å²) in [4.78, 5) is 18.9. The average Bonchev–Trinajstić information content (AvgIpc) is 2.61. The number of hydrogen-bond acceptors (Lipinski definition) is 5. The minimum atomic E-state index is -4.35. The van der Waals surface area contributed by atoms with Gasteiger partial charge in [-0.3, -0.25) is 14.9 Å². The van der Waals surface area contributed by atoms with E-state index in [0.717, 1.165) is 33.2 Å². The molecular formula is C20H17N2O4P. The lowest BCUT2D eigenvalue weighted by Crippen LogP contribution is -2.00. The molecule has 0 bridgehead atoms. The maximum atomic E-state index is 12.4. The summed E-state index contributed by atoms with van der Waals surface area (Å²) >= 11 is 0. The molecule has 6 nitrogen and oxygen atoms in total. The van der Waals surface area contributed by atoms with Gasteiger partial charge in [0, 0.05) is 22.2 Å². The van der Waals surface area contributed by atoms with Gasteiger partial charge in [0.1, 0.15) is 11.5 Å². The number of hydrogen-bond donors (Lipinski definition) is 1. The summed E-state index contributed by atoms with van der Waals surface area (Å²) in [5, 5.41) is 1.62. The lowest BCUT2D eigenvalue weighted by Gasteiger charge is -2.14. The molecule has 0 spiro atoms. The normalized spacial score (nSPS) is 11.7. The van der Waals surface area contributed by atoms with E-state index in [4.69, 9.17) is 9.05 Å². The third-order valence-electron chi connectivity index (χ3n) is 4.04. The first-order valence-corrected chi connectivity index (χ1v) is 9.84. The van der Waals surface area contributed by atoms with Crippen molar-refractivity contribution in [2.24, 2.45) is 0 Å². The molecular weight excluding hydrogens is 363 g/mol. The largest absolute Gasteiger partial charge is 0.584 e. The van der Waals surface area contributed by atoms with Gasteiger partial charge in [-0.05, 0) is 62.4 Å². The Labute approximate surface area is 156 Å². The van der Waals surface area contributed by atoms with Crippen molar-refractivity contribution < 1.29 is 18.5 Å². The van der Waals surface area contributed by atoms with Crippen LogP contribution in [0.25, 0.3) is 21.8 Å². The number of phosphoric ester groups is 1. The summed E-state index contributed by atoms with van der Waals surface area (Å²) in [5.74, 6) is 0.467. The van der Waals surface area contributed by atoms with Crippen LogP contribution in [0, 0.1) is 13.8 Å². The second-order valence-corrected chi connectivity index (χ2v) is 7.57. The zero-order valence-electron chi connectivity index (χ0n) is 14.8. The number of aromatic nitrogens is 2. The van der Waals surface area contributed by atoms with Crippen LogP contribution in [0.3, 0.4) is 0 Å². The van der Waals surface area contributed by atoms with Crippen molar-refractivity contribution in [1.29, 1.82) is 0 Å². The average molecular weight is 380 g/mol. The lowest BCUT2D eigenvalue weighted by atomic mass is 10.2. The van der Waals surface area contributed by atoms with Gasteiger partial charge in [0.25, 0.3) is 0 Å². The van der Waals surface area contributed by atoms with Crippen LogP contribution in [0.15, 0.2) is 60.7 Å². The third-order valence-corrected chi connectivity index (χ3v) is 4.92. The van der Waals surface area contributed by atoms with Crippen LogP contribution in [0.1, 0.15) is 11.4 Å². The molecule has 0 radical (unpaired) electrons. The van der Waals surface area contributed by atoms with Gasteiger partial charge in [0.2, 0.25) is 0 Å². The van der Waals surface area contributed by atoms with Crippen molar-refractivity contribution in [1.82, 2.24) is 9.97 Å². The van der Waals surface area contributed by atoms with Crippen LogP contribution in [-0.4, -0.2) is 14.9 Å². The number of fused-ring (bicyclic) bond motifs is 2. The molecule has 2 aromatic carbocycles. The molecule has 27 heavy (non-hydrogen) atoms. The van der Waals surface area contributed by atoms with Gasteiger partial charge in [-0.25, -0.2) is 4.57 Å². The fourth-order valence-corrected chi connectivity index (χ4v) is 3.61. The number of aryl methyl sites for hydroxylation is 2. The topological polar surface area (TPSA) is 81.5 Å². The summed E-state index contributed by atoms with van der Waals surface area (Å²) in [6.45, 7) is 3.81. The summed E-state index contributed by atoms with van der Waals surface area (Å²) in [5.41, 5.74) is 3.36. The first-order valence-electron chi connectivity index (χ1n) is 8.35. The van der Waals surface area contributed by atoms with Crippen molar-refractivity contribution in [2.75, 3.05) is 0 Å². The van der Waals surface area contributed by atoms with E-state index in [1.54, 1.807) is 36.4 Å². The molecule has 0 aliphatic carbocycles. The first-order chi connectivity index (χ1) is 12.9. The van der Waals surface area contributed by atoms with Gasteiger partial charge in [-0.15, -0.1) is 0 Å². The predicted octanol–water partition coefficient (Wildman–Crippen LogP) is 4.96. The molecule has 4 rings (SSSR count). The fraction of sp³-hybridized carbons (Fsp3) is 0.100. The van der Waals surface area contributed by atoms with E-state index in [9.17, 15) is 9.46 Å². The molecule has 136 valence electrons. The maximum Gasteiger partial charge on any atom is 0.584 e. The minimum Gasteiger partial charge on any atom is -0.395 e. The molecule has 2 heterocycles. The lowest BCUT2D eigenvalue weighted by molar-refractivity contribution is 0.291. The smallest absolute Gasteiger partial charge is 0.395 e. The Morgan fingerprint density at radius 2 is 1.19 bits per heavy atom. The molecule has 0 fully saturated rings. The van der Waals surface area contributed by atoms with E-state index in [2.05, 4.69) is 9.97 Å². The first kappa shape index (κ1) is 17.5. The highest BCUT2D eigenvalue weighted by Gasteiger charge is 2.25. The number of nitrogens with zero attached hydrogens (tertiary/aromatic N) is 2. The molecule has 1 N–H and O–H groups in total. The molecule has 0 aliphatic rings. The predicted molar refractivity (Wildman–Crippen MR) is 104 cm³/mol. The van der Waals surface area contributed by atoms with Crippen molar-refractivity contribution in [2.45, 2.75) is 13.8 Å². The maximum absolute atomic E-state index is 12.4. The summed E-state index contributed by atoms with van der Waals surface area (Å²) in [6.07, 6.45) is 0. The van der Waals surface area contributed by atoms with E-state index in [1.807, 2.05) is 38.1 Å². The molecule has 0 amide bonds. The number of benzene rings is 2. The van der Waals surface area contributed by atoms with Gasteiger partial charge in [-0.2, -0.15) is 0 Å². The molecule has 2 aromatic heterocycles. The standard InChI is InChI=1S/C20H17N2O4P/c1-13-3-5-15-11-17(7-9-19(15)21-13)25-27(23,24)26-18-8-10-20-16(12-18)6-4-14(2)22-20/h3-12H,1-2H3,(H,23,24).